The highest BCUT2D eigenvalue weighted by molar-refractivity contribution is 6.02. The van der Waals surface area contributed by atoms with Gasteiger partial charge in [-0.2, -0.15) is 0 Å². The Bertz CT molecular complexity index is 927. The number of benzene rings is 2. The van der Waals surface area contributed by atoms with Crippen molar-refractivity contribution in [3.8, 4) is 5.75 Å². The summed E-state index contributed by atoms with van der Waals surface area (Å²) < 4.78 is 5.50. The van der Waals surface area contributed by atoms with Crippen LogP contribution in [0.3, 0.4) is 0 Å². The highest BCUT2D eigenvalue weighted by atomic mass is 16.5. The maximum absolute atomic E-state index is 13.1. The van der Waals surface area contributed by atoms with E-state index < -0.39 is 5.41 Å². The van der Waals surface area contributed by atoms with Gasteiger partial charge < -0.3 is 15.0 Å². The molecule has 4 rings (SSSR count). The molecule has 0 radical (unpaired) electrons. The number of carbonyl (C=O) groups excluding carboxylic acids is 2. The third-order valence-corrected chi connectivity index (χ3v) is 5.76. The lowest BCUT2D eigenvalue weighted by Crippen LogP contribution is -2.28. The summed E-state index contributed by atoms with van der Waals surface area (Å²) in [5.41, 5.74) is 4.46. The second kappa shape index (κ2) is 6.97. The lowest BCUT2D eigenvalue weighted by molar-refractivity contribution is -0.118. The average molecular weight is 378 g/mol. The van der Waals surface area contributed by atoms with Gasteiger partial charge >= 0.3 is 0 Å². The van der Waals surface area contributed by atoms with Crippen LogP contribution in [0.1, 0.15) is 42.4 Å². The van der Waals surface area contributed by atoms with E-state index in [1.165, 1.54) is 11.1 Å². The fourth-order valence-corrected chi connectivity index (χ4v) is 4.15. The first-order valence-corrected chi connectivity index (χ1v) is 9.81. The molecule has 1 N–H and O–H groups in total. The normalized spacial score (nSPS) is 17.5. The van der Waals surface area contributed by atoms with Crippen molar-refractivity contribution in [3.05, 3.63) is 53.1 Å². The van der Waals surface area contributed by atoms with E-state index in [1.54, 1.807) is 18.1 Å². The Morgan fingerprint density at radius 2 is 1.82 bits per heavy atom. The van der Waals surface area contributed by atoms with Gasteiger partial charge in [0.1, 0.15) is 5.75 Å². The van der Waals surface area contributed by atoms with E-state index in [0.29, 0.717) is 24.4 Å². The first-order valence-electron chi connectivity index (χ1n) is 9.81. The van der Waals surface area contributed by atoms with Crippen LogP contribution in [0.5, 0.6) is 5.75 Å². The van der Waals surface area contributed by atoms with Gasteiger partial charge in [-0.15, -0.1) is 0 Å². The predicted molar refractivity (Wildman–Crippen MR) is 110 cm³/mol. The third kappa shape index (κ3) is 3.26. The molecule has 2 fully saturated rings. The molecule has 0 bridgehead atoms. The van der Waals surface area contributed by atoms with Gasteiger partial charge in [0, 0.05) is 24.7 Å². The molecular weight excluding hydrogens is 352 g/mol. The number of ether oxygens (including phenoxy) is 1. The standard InChI is InChI=1S/C23H26N2O3/c1-15-11-16(2)13-17(12-15)23(8-9-23)22(27)24-18-6-7-19(20(14-18)28-3)25-10-4-5-21(25)26/h6-7,11-14H,4-5,8-10H2,1-3H3,(H,24,27). The molecule has 0 unspecified atom stereocenters. The molecule has 1 aliphatic carbocycles. The van der Waals surface area contributed by atoms with Crippen LogP contribution in [0, 0.1) is 13.8 Å². The van der Waals surface area contributed by atoms with E-state index >= 15 is 0 Å². The number of amides is 2. The molecule has 1 saturated heterocycles. The van der Waals surface area contributed by atoms with Crippen LogP contribution >= 0.6 is 0 Å². The molecule has 2 amide bonds. The maximum atomic E-state index is 13.1. The van der Waals surface area contributed by atoms with Crippen molar-refractivity contribution in [2.45, 2.75) is 44.9 Å². The number of nitrogens with one attached hydrogen (secondary N) is 1. The number of anilines is 2. The van der Waals surface area contributed by atoms with E-state index in [-0.39, 0.29) is 11.8 Å². The highest BCUT2D eigenvalue weighted by Gasteiger charge is 2.51. The summed E-state index contributed by atoms with van der Waals surface area (Å²) in [5.74, 6) is 0.732. The Morgan fingerprint density at radius 3 is 2.39 bits per heavy atom. The van der Waals surface area contributed by atoms with Crippen LogP contribution < -0.4 is 15.0 Å². The Labute approximate surface area is 165 Å². The molecule has 2 aromatic carbocycles. The predicted octanol–water partition coefficient (Wildman–Crippen LogP) is 4.11. The lowest BCUT2D eigenvalue weighted by Gasteiger charge is -2.21. The number of hydrogen-bond acceptors (Lipinski definition) is 3. The van der Waals surface area contributed by atoms with Crippen LogP contribution in [0.25, 0.3) is 0 Å². The molecule has 1 aliphatic heterocycles. The zero-order chi connectivity index (χ0) is 19.9. The fourth-order valence-electron chi connectivity index (χ4n) is 4.15. The summed E-state index contributed by atoms with van der Waals surface area (Å²) >= 11 is 0. The molecule has 146 valence electrons. The van der Waals surface area contributed by atoms with Crippen molar-refractivity contribution in [2.75, 3.05) is 23.9 Å². The molecule has 2 aliphatic rings. The first kappa shape index (κ1) is 18.5. The zero-order valence-electron chi connectivity index (χ0n) is 16.7. The Morgan fingerprint density at radius 1 is 1.11 bits per heavy atom. The molecule has 1 heterocycles. The summed E-state index contributed by atoms with van der Waals surface area (Å²) in [4.78, 5) is 26.9. The molecule has 1 saturated carbocycles. The van der Waals surface area contributed by atoms with E-state index in [4.69, 9.17) is 4.74 Å². The number of aryl methyl sites for hydroxylation is 2. The van der Waals surface area contributed by atoms with Crippen molar-refractivity contribution >= 4 is 23.2 Å². The van der Waals surface area contributed by atoms with E-state index in [0.717, 1.165) is 30.5 Å². The monoisotopic (exact) mass is 378 g/mol. The molecule has 5 heteroatoms. The summed E-state index contributed by atoms with van der Waals surface area (Å²) in [6.45, 7) is 4.83. The zero-order valence-corrected chi connectivity index (χ0v) is 16.7. The number of hydrogen-bond donors (Lipinski definition) is 1. The fraction of sp³-hybridized carbons (Fsp3) is 0.391. The van der Waals surface area contributed by atoms with Gasteiger partial charge in [-0.1, -0.05) is 29.3 Å². The van der Waals surface area contributed by atoms with Gasteiger partial charge in [0.05, 0.1) is 18.2 Å². The lowest BCUT2D eigenvalue weighted by atomic mass is 9.92. The largest absolute Gasteiger partial charge is 0.494 e. The average Bonchev–Trinajstić information content (AvgIpc) is 3.37. The second-order valence-electron chi connectivity index (χ2n) is 7.95. The highest BCUT2D eigenvalue weighted by Crippen LogP contribution is 2.49. The van der Waals surface area contributed by atoms with Crippen LogP contribution in [-0.2, 0) is 15.0 Å². The van der Waals surface area contributed by atoms with Gasteiger partial charge in [0.15, 0.2) is 0 Å². The Hall–Kier alpha value is -2.82. The molecule has 0 aromatic heterocycles. The quantitative estimate of drug-likeness (QED) is 0.852. The van der Waals surface area contributed by atoms with Gasteiger partial charge in [0.2, 0.25) is 11.8 Å². The van der Waals surface area contributed by atoms with E-state index in [9.17, 15) is 9.59 Å². The van der Waals surface area contributed by atoms with Crippen molar-refractivity contribution in [2.24, 2.45) is 0 Å². The van der Waals surface area contributed by atoms with Crippen LogP contribution in [0.15, 0.2) is 36.4 Å². The van der Waals surface area contributed by atoms with E-state index in [2.05, 4.69) is 37.4 Å². The molecular formula is C23H26N2O3. The second-order valence-corrected chi connectivity index (χ2v) is 7.95. The smallest absolute Gasteiger partial charge is 0.235 e. The van der Waals surface area contributed by atoms with Crippen molar-refractivity contribution < 1.29 is 14.3 Å². The summed E-state index contributed by atoms with van der Waals surface area (Å²) in [7, 11) is 1.59. The number of nitrogens with zero attached hydrogens (tertiary/aromatic N) is 1. The van der Waals surface area contributed by atoms with Gasteiger partial charge in [-0.3, -0.25) is 9.59 Å². The Kier molecular flexibility index (Phi) is 4.61. The minimum atomic E-state index is -0.437. The summed E-state index contributed by atoms with van der Waals surface area (Å²) in [6.07, 6.45) is 3.15. The molecule has 28 heavy (non-hydrogen) atoms. The number of carbonyl (C=O) groups is 2. The van der Waals surface area contributed by atoms with E-state index in [1.807, 2.05) is 12.1 Å². The minimum Gasteiger partial charge on any atom is -0.494 e. The Balaban J connectivity index is 1.57. The van der Waals surface area contributed by atoms with Crippen molar-refractivity contribution in [1.29, 1.82) is 0 Å². The van der Waals surface area contributed by atoms with Crippen molar-refractivity contribution in [3.63, 3.8) is 0 Å². The first-order chi connectivity index (χ1) is 13.4. The maximum Gasteiger partial charge on any atom is 0.235 e. The van der Waals surface area contributed by atoms with Crippen LogP contribution in [-0.4, -0.2) is 25.5 Å². The third-order valence-electron chi connectivity index (χ3n) is 5.76. The van der Waals surface area contributed by atoms with Crippen LogP contribution in [0.2, 0.25) is 0 Å². The SMILES string of the molecule is COc1cc(NC(=O)C2(c3cc(C)cc(C)c3)CC2)ccc1N1CCCC1=O. The topological polar surface area (TPSA) is 58.6 Å². The van der Waals surface area contributed by atoms with Crippen LogP contribution in [0.4, 0.5) is 11.4 Å². The molecule has 5 nitrogen and oxygen atoms in total. The van der Waals surface area contributed by atoms with Gasteiger partial charge in [0.25, 0.3) is 0 Å². The van der Waals surface area contributed by atoms with Crippen molar-refractivity contribution in [1.82, 2.24) is 0 Å². The number of rotatable bonds is 5. The molecule has 0 spiro atoms. The molecule has 0 atom stereocenters. The number of methoxy groups -OCH3 is 1. The summed E-state index contributed by atoms with van der Waals surface area (Å²) in [6, 6.07) is 11.9. The minimum absolute atomic E-state index is 0.0181. The summed E-state index contributed by atoms with van der Waals surface area (Å²) in [5, 5.41) is 3.06. The molecule has 2 aromatic rings. The van der Waals surface area contributed by atoms with Gasteiger partial charge in [-0.25, -0.2) is 0 Å². The van der Waals surface area contributed by atoms with Gasteiger partial charge in [-0.05, 0) is 50.8 Å².